The van der Waals surface area contributed by atoms with Gasteiger partial charge in [-0.3, -0.25) is 4.79 Å². The zero-order chi connectivity index (χ0) is 13.1. The SMILES string of the molecule is N#CCCN(C(=O)c1cc(S)ccc1F)C1CC1. The average Bonchev–Trinajstić information content (AvgIpc) is 3.17. The Labute approximate surface area is 111 Å². The van der Waals surface area contributed by atoms with Crippen molar-refractivity contribution in [3.05, 3.63) is 29.6 Å². The second-order valence-corrected chi connectivity index (χ2v) is 4.82. The van der Waals surface area contributed by atoms with Gasteiger partial charge in [0.2, 0.25) is 0 Å². The van der Waals surface area contributed by atoms with Crippen LogP contribution in [0, 0.1) is 17.1 Å². The van der Waals surface area contributed by atoms with E-state index >= 15 is 0 Å². The van der Waals surface area contributed by atoms with E-state index in [0.29, 0.717) is 11.4 Å². The molecule has 0 bridgehead atoms. The molecule has 18 heavy (non-hydrogen) atoms. The Morgan fingerprint density at radius 2 is 2.28 bits per heavy atom. The largest absolute Gasteiger partial charge is 0.335 e. The third kappa shape index (κ3) is 2.82. The first kappa shape index (κ1) is 12.9. The van der Waals surface area contributed by atoms with Crippen molar-refractivity contribution in [1.82, 2.24) is 4.90 Å². The maximum atomic E-state index is 13.6. The quantitative estimate of drug-likeness (QED) is 0.850. The molecule has 1 aromatic carbocycles. The van der Waals surface area contributed by atoms with Crippen LogP contribution in [0.1, 0.15) is 29.6 Å². The number of amides is 1. The van der Waals surface area contributed by atoms with E-state index in [1.54, 1.807) is 4.90 Å². The fourth-order valence-electron chi connectivity index (χ4n) is 1.84. The van der Waals surface area contributed by atoms with E-state index in [9.17, 15) is 9.18 Å². The average molecular weight is 264 g/mol. The third-order valence-corrected chi connectivity index (χ3v) is 3.17. The van der Waals surface area contributed by atoms with Gasteiger partial charge in [-0.1, -0.05) is 0 Å². The number of halogens is 1. The monoisotopic (exact) mass is 264 g/mol. The summed E-state index contributed by atoms with van der Waals surface area (Å²) in [6.45, 7) is 0.357. The van der Waals surface area contributed by atoms with Crippen LogP contribution in [0.4, 0.5) is 4.39 Å². The summed E-state index contributed by atoms with van der Waals surface area (Å²) in [6, 6.07) is 6.35. The molecule has 1 aliphatic carbocycles. The van der Waals surface area contributed by atoms with E-state index in [1.165, 1.54) is 18.2 Å². The normalized spacial score (nSPS) is 14.1. The first-order chi connectivity index (χ1) is 8.63. The molecule has 0 saturated heterocycles. The summed E-state index contributed by atoms with van der Waals surface area (Å²) in [6.07, 6.45) is 2.13. The molecule has 0 aromatic heterocycles. The number of nitriles is 1. The van der Waals surface area contributed by atoms with Crippen LogP contribution in [0.5, 0.6) is 0 Å². The summed E-state index contributed by atoms with van der Waals surface area (Å²) >= 11 is 4.11. The maximum absolute atomic E-state index is 13.6. The summed E-state index contributed by atoms with van der Waals surface area (Å²) in [7, 11) is 0. The zero-order valence-corrected chi connectivity index (χ0v) is 10.7. The summed E-state index contributed by atoms with van der Waals surface area (Å²) in [5.41, 5.74) is 0.0346. The van der Waals surface area contributed by atoms with Crippen LogP contribution in [0.3, 0.4) is 0 Å². The Hall–Kier alpha value is -1.54. The van der Waals surface area contributed by atoms with Crippen LogP contribution >= 0.6 is 12.6 Å². The molecule has 1 aliphatic rings. The van der Waals surface area contributed by atoms with Gasteiger partial charge in [0, 0.05) is 17.5 Å². The number of benzene rings is 1. The summed E-state index contributed by atoms with van der Waals surface area (Å²) in [5, 5.41) is 8.59. The van der Waals surface area contributed by atoms with Gasteiger partial charge in [0.25, 0.3) is 5.91 Å². The van der Waals surface area contributed by atoms with Gasteiger partial charge in [-0.25, -0.2) is 4.39 Å². The topological polar surface area (TPSA) is 44.1 Å². The highest BCUT2D eigenvalue weighted by molar-refractivity contribution is 7.80. The number of carbonyl (C=O) groups excluding carboxylic acids is 1. The Balaban J connectivity index is 2.22. The van der Waals surface area contributed by atoms with Crippen LogP contribution in [0.2, 0.25) is 0 Å². The van der Waals surface area contributed by atoms with E-state index in [-0.39, 0.29) is 23.9 Å². The molecule has 1 saturated carbocycles. The molecule has 94 valence electrons. The smallest absolute Gasteiger partial charge is 0.257 e. The van der Waals surface area contributed by atoms with Gasteiger partial charge >= 0.3 is 0 Å². The number of hydrogen-bond donors (Lipinski definition) is 1. The van der Waals surface area contributed by atoms with Crippen molar-refractivity contribution in [2.45, 2.75) is 30.2 Å². The van der Waals surface area contributed by atoms with E-state index in [1.807, 2.05) is 6.07 Å². The van der Waals surface area contributed by atoms with Gasteiger partial charge in [0.05, 0.1) is 18.1 Å². The minimum Gasteiger partial charge on any atom is -0.335 e. The number of carbonyl (C=O) groups is 1. The fraction of sp³-hybridized carbons (Fsp3) is 0.385. The van der Waals surface area contributed by atoms with E-state index in [4.69, 9.17) is 5.26 Å². The lowest BCUT2D eigenvalue weighted by atomic mass is 10.1. The molecule has 2 rings (SSSR count). The molecule has 0 spiro atoms. The van der Waals surface area contributed by atoms with Gasteiger partial charge in [-0.2, -0.15) is 5.26 Å². The minimum absolute atomic E-state index is 0.0346. The summed E-state index contributed by atoms with van der Waals surface area (Å²) < 4.78 is 13.6. The molecule has 5 heteroatoms. The first-order valence-electron chi connectivity index (χ1n) is 5.80. The highest BCUT2D eigenvalue weighted by Crippen LogP contribution is 2.29. The lowest BCUT2D eigenvalue weighted by Gasteiger charge is -2.21. The van der Waals surface area contributed by atoms with E-state index in [0.717, 1.165) is 12.8 Å². The Kier molecular flexibility index (Phi) is 3.87. The van der Waals surface area contributed by atoms with Gasteiger partial charge < -0.3 is 4.90 Å². The molecular formula is C13H13FN2OS. The first-order valence-corrected chi connectivity index (χ1v) is 6.24. The number of rotatable bonds is 4. The van der Waals surface area contributed by atoms with Crippen molar-refractivity contribution in [2.75, 3.05) is 6.54 Å². The molecule has 1 amide bonds. The number of nitrogens with zero attached hydrogens (tertiary/aromatic N) is 2. The molecule has 0 N–H and O–H groups in total. The molecule has 0 atom stereocenters. The maximum Gasteiger partial charge on any atom is 0.257 e. The second-order valence-electron chi connectivity index (χ2n) is 4.30. The number of hydrogen-bond acceptors (Lipinski definition) is 3. The molecule has 0 unspecified atom stereocenters. The van der Waals surface area contributed by atoms with Crippen molar-refractivity contribution in [3.8, 4) is 6.07 Å². The third-order valence-electron chi connectivity index (χ3n) is 2.89. The van der Waals surface area contributed by atoms with E-state index in [2.05, 4.69) is 12.6 Å². The van der Waals surface area contributed by atoms with Crippen molar-refractivity contribution < 1.29 is 9.18 Å². The Bertz CT molecular complexity index is 508. The standard InChI is InChI=1S/C13H13FN2OS/c14-12-5-4-10(18)8-11(12)13(17)16(7-1-6-15)9-2-3-9/h4-5,8-9,18H,1-3,7H2. The highest BCUT2D eigenvalue weighted by atomic mass is 32.1. The lowest BCUT2D eigenvalue weighted by molar-refractivity contribution is 0.0742. The molecule has 0 radical (unpaired) electrons. The van der Waals surface area contributed by atoms with E-state index < -0.39 is 5.82 Å². The van der Waals surface area contributed by atoms with Crippen LogP contribution in [-0.4, -0.2) is 23.4 Å². The van der Waals surface area contributed by atoms with Crippen LogP contribution in [-0.2, 0) is 0 Å². The van der Waals surface area contributed by atoms with Crippen molar-refractivity contribution in [3.63, 3.8) is 0 Å². The second kappa shape index (κ2) is 5.40. The van der Waals surface area contributed by atoms with Crippen molar-refractivity contribution >= 4 is 18.5 Å². The molecule has 0 aliphatic heterocycles. The Morgan fingerprint density at radius 3 is 2.89 bits per heavy atom. The zero-order valence-electron chi connectivity index (χ0n) is 9.77. The highest BCUT2D eigenvalue weighted by Gasteiger charge is 2.33. The predicted octanol–water partition coefficient (Wildman–Crippen LogP) is 2.63. The predicted molar refractivity (Wildman–Crippen MR) is 67.9 cm³/mol. The molecule has 1 aromatic rings. The van der Waals surface area contributed by atoms with Gasteiger partial charge in [0.15, 0.2) is 0 Å². The van der Waals surface area contributed by atoms with Gasteiger partial charge in [-0.05, 0) is 31.0 Å². The van der Waals surface area contributed by atoms with Crippen LogP contribution in [0.25, 0.3) is 0 Å². The van der Waals surface area contributed by atoms with Crippen LogP contribution in [0.15, 0.2) is 23.1 Å². The van der Waals surface area contributed by atoms with Crippen LogP contribution < -0.4 is 0 Å². The van der Waals surface area contributed by atoms with Crippen molar-refractivity contribution in [1.29, 1.82) is 5.26 Å². The summed E-state index contributed by atoms with van der Waals surface area (Å²) in [4.78, 5) is 14.4. The minimum atomic E-state index is -0.541. The fourth-order valence-corrected chi connectivity index (χ4v) is 2.04. The summed E-state index contributed by atoms with van der Waals surface area (Å²) in [5.74, 6) is -0.887. The van der Waals surface area contributed by atoms with Gasteiger partial charge in [-0.15, -0.1) is 12.6 Å². The molecule has 0 heterocycles. The Morgan fingerprint density at radius 1 is 1.56 bits per heavy atom. The molecule has 1 fully saturated rings. The van der Waals surface area contributed by atoms with Crippen molar-refractivity contribution in [2.24, 2.45) is 0 Å². The van der Waals surface area contributed by atoms with Gasteiger partial charge in [0.1, 0.15) is 5.82 Å². The molecule has 3 nitrogen and oxygen atoms in total. The number of thiol groups is 1. The lowest BCUT2D eigenvalue weighted by Crippen LogP contribution is -2.34. The molecular weight excluding hydrogens is 251 g/mol.